The SMILES string of the molecule is N#Cc1cccc(Cn2cc(COc3ccccc3C=O)nn2)c1. The predicted octanol–water partition coefficient (Wildman–Crippen LogP) is 2.59. The van der Waals surface area contributed by atoms with E-state index in [-0.39, 0.29) is 6.61 Å². The summed E-state index contributed by atoms with van der Waals surface area (Å²) in [5, 5.41) is 17.0. The van der Waals surface area contributed by atoms with E-state index >= 15 is 0 Å². The third-order valence-corrected chi connectivity index (χ3v) is 3.41. The summed E-state index contributed by atoms with van der Waals surface area (Å²) in [5.41, 5.74) is 2.74. The topological polar surface area (TPSA) is 80.8 Å². The molecule has 0 atom stereocenters. The summed E-state index contributed by atoms with van der Waals surface area (Å²) in [6.45, 7) is 0.747. The summed E-state index contributed by atoms with van der Waals surface area (Å²) < 4.78 is 7.31. The lowest BCUT2D eigenvalue weighted by molar-refractivity contribution is 0.111. The van der Waals surface area contributed by atoms with E-state index in [1.165, 1.54) is 0 Å². The number of para-hydroxylation sites is 1. The Morgan fingerprint density at radius 3 is 2.92 bits per heavy atom. The first kappa shape index (κ1) is 15.4. The molecule has 6 nitrogen and oxygen atoms in total. The van der Waals surface area contributed by atoms with E-state index in [0.717, 1.165) is 11.8 Å². The molecule has 0 aliphatic heterocycles. The van der Waals surface area contributed by atoms with Gasteiger partial charge in [0.25, 0.3) is 0 Å². The van der Waals surface area contributed by atoms with Crippen LogP contribution < -0.4 is 4.74 Å². The van der Waals surface area contributed by atoms with Crippen LogP contribution in [0.15, 0.2) is 54.7 Å². The zero-order valence-electron chi connectivity index (χ0n) is 12.8. The number of hydrogen-bond acceptors (Lipinski definition) is 5. The van der Waals surface area contributed by atoms with Crippen molar-refractivity contribution in [2.45, 2.75) is 13.2 Å². The van der Waals surface area contributed by atoms with Crippen molar-refractivity contribution >= 4 is 6.29 Å². The van der Waals surface area contributed by atoms with Crippen LogP contribution in [0.3, 0.4) is 0 Å². The number of rotatable bonds is 6. The van der Waals surface area contributed by atoms with Gasteiger partial charge in [-0.2, -0.15) is 5.26 Å². The van der Waals surface area contributed by atoms with Crippen molar-refractivity contribution in [3.8, 4) is 11.8 Å². The monoisotopic (exact) mass is 318 g/mol. The molecule has 0 aliphatic carbocycles. The van der Waals surface area contributed by atoms with Crippen LogP contribution in [-0.4, -0.2) is 21.3 Å². The fourth-order valence-corrected chi connectivity index (χ4v) is 2.27. The van der Waals surface area contributed by atoms with Crippen molar-refractivity contribution in [3.05, 3.63) is 77.1 Å². The van der Waals surface area contributed by atoms with E-state index in [4.69, 9.17) is 10.00 Å². The molecule has 3 rings (SSSR count). The van der Waals surface area contributed by atoms with Gasteiger partial charge in [0.05, 0.1) is 29.9 Å². The van der Waals surface area contributed by atoms with Gasteiger partial charge in [0, 0.05) is 0 Å². The average molecular weight is 318 g/mol. The highest BCUT2D eigenvalue weighted by molar-refractivity contribution is 5.79. The lowest BCUT2D eigenvalue weighted by atomic mass is 10.1. The Morgan fingerprint density at radius 1 is 1.21 bits per heavy atom. The molecule has 6 heteroatoms. The maximum atomic E-state index is 11.0. The van der Waals surface area contributed by atoms with Crippen LogP contribution in [0.4, 0.5) is 0 Å². The van der Waals surface area contributed by atoms with Crippen LogP contribution in [0.1, 0.15) is 27.2 Å². The van der Waals surface area contributed by atoms with E-state index in [1.54, 1.807) is 41.2 Å². The molecule has 0 aliphatic rings. The summed E-state index contributed by atoms with van der Waals surface area (Å²) in [7, 11) is 0. The van der Waals surface area contributed by atoms with E-state index < -0.39 is 0 Å². The van der Waals surface area contributed by atoms with Gasteiger partial charge in [-0.05, 0) is 29.8 Å². The van der Waals surface area contributed by atoms with Crippen molar-refractivity contribution < 1.29 is 9.53 Å². The van der Waals surface area contributed by atoms with Crippen molar-refractivity contribution in [1.82, 2.24) is 15.0 Å². The Morgan fingerprint density at radius 2 is 2.08 bits per heavy atom. The molecular weight excluding hydrogens is 304 g/mol. The van der Waals surface area contributed by atoms with Gasteiger partial charge in [0.1, 0.15) is 18.1 Å². The largest absolute Gasteiger partial charge is 0.486 e. The van der Waals surface area contributed by atoms with Crippen molar-refractivity contribution in [2.75, 3.05) is 0 Å². The molecule has 0 spiro atoms. The molecule has 0 saturated heterocycles. The minimum absolute atomic E-state index is 0.225. The standard InChI is InChI=1S/C18H14N4O2/c19-9-14-4-3-5-15(8-14)10-22-11-17(20-21-22)13-24-18-7-2-1-6-16(18)12-23/h1-8,11-12H,10,13H2. The highest BCUT2D eigenvalue weighted by atomic mass is 16.5. The number of hydrogen-bond donors (Lipinski definition) is 0. The van der Waals surface area contributed by atoms with Crippen molar-refractivity contribution in [2.24, 2.45) is 0 Å². The van der Waals surface area contributed by atoms with Crippen LogP contribution in [0, 0.1) is 11.3 Å². The highest BCUT2D eigenvalue weighted by Gasteiger charge is 2.06. The van der Waals surface area contributed by atoms with Crippen molar-refractivity contribution in [3.63, 3.8) is 0 Å². The Labute approximate surface area is 138 Å². The van der Waals surface area contributed by atoms with E-state index in [9.17, 15) is 4.79 Å². The summed E-state index contributed by atoms with van der Waals surface area (Å²) >= 11 is 0. The van der Waals surface area contributed by atoms with Crippen LogP contribution in [-0.2, 0) is 13.2 Å². The Balaban J connectivity index is 1.65. The van der Waals surface area contributed by atoms with Gasteiger partial charge in [0.2, 0.25) is 0 Å². The van der Waals surface area contributed by atoms with Gasteiger partial charge >= 0.3 is 0 Å². The van der Waals surface area contributed by atoms with Gasteiger partial charge in [-0.25, -0.2) is 4.68 Å². The zero-order valence-corrected chi connectivity index (χ0v) is 12.8. The minimum atomic E-state index is 0.225. The fraction of sp³-hybridized carbons (Fsp3) is 0.111. The zero-order chi connectivity index (χ0) is 16.8. The number of aromatic nitrogens is 3. The van der Waals surface area contributed by atoms with Gasteiger partial charge in [0.15, 0.2) is 6.29 Å². The Bertz CT molecular complexity index is 896. The number of ether oxygens (including phenoxy) is 1. The second kappa shape index (κ2) is 7.20. The first-order valence-corrected chi connectivity index (χ1v) is 7.33. The average Bonchev–Trinajstić information content (AvgIpc) is 3.07. The summed E-state index contributed by atoms with van der Waals surface area (Å²) in [6.07, 6.45) is 2.54. The highest BCUT2D eigenvalue weighted by Crippen LogP contribution is 2.17. The Kier molecular flexibility index (Phi) is 4.63. The number of nitrogens with zero attached hydrogens (tertiary/aromatic N) is 4. The maximum absolute atomic E-state index is 11.0. The first-order valence-electron chi connectivity index (χ1n) is 7.33. The van der Waals surface area contributed by atoms with Crippen LogP contribution >= 0.6 is 0 Å². The molecule has 24 heavy (non-hydrogen) atoms. The van der Waals surface area contributed by atoms with Crippen LogP contribution in [0.5, 0.6) is 5.75 Å². The van der Waals surface area contributed by atoms with Gasteiger partial charge in [-0.15, -0.1) is 5.10 Å². The molecule has 2 aromatic carbocycles. The first-order chi connectivity index (χ1) is 11.8. The van der Waals surface area contributed by atoms with Crippen molar-refractivity contribution in [1.29, 1.82) is 5.26 Å². The van der Waals surface area contributed by atoms with E-state index in [0.29, 0.717) is 29.1 Å². The molecule has 118 valence electrons. The summed E-state index contributed by atoms with van der Waals surface area (Å²) in [4.78, 5) is 11.0. The van der Waals surface area contributed by atoms with E-state index in [2.05, 4.69) is 16.4 Å². The fourth-order valence-electron chi connectivity index (χ4n) is 2.27. The van der Waals surface area contributed by atoms with Gasteiger partial charge in [-0.3, -0.25) is 4.79 Å². The van der Waals surface area contributed by atoms with Crippen LogP contribution in [0.2, 0.25) is 0 Å². The Hall–Kier alpha value is -3.46. The quantitative estimate of drug-likeness (QED) is 0.653. The molecule has 1 aromatic heterocycles. The number of aldehydes is 1. The number of carbonyl (C=O) groups is 1. The molecular formula is C18H14N4O2. The molecule has 0 fully saturated rings. The number of nitriles is 1. The molecule has 0 bridgehead atoms. The molecule has 0 N–H and O–H groups in total. The third-order valence-electron chi connectivity index (χ3n) is 3.41. The summed E-state index contributed by atoms with van der Waals surface area (Å²) in [5.74, 6) is 0.517. The van der Waals surface area contributed by atoms with Gasteiger partial charge < -0.3 is 4.74 Å². The molecule has 0 amide bonds. The predicted molar refractivity (Wildman–Crippen MR) is 86.4 cm³/mol. The lowest BCUT2D eigenvalue weighted by Gasteiger charge is -2.05. The maximum Gasteiger partial charge on any atom is 0.153 e. The molecule has 1 heterocycles. The minimum Gasteiger partial charge on any atom is -0.486 e. The van der Waals surface area contributed by atoms with Crippen LogP contribution in [0.25, 0.3) is 0 Å². The number of benzene rings is 2. The normalized spacial score (nSPS) is 10.1. The smallest absolute Gasteiger partial charge is 0.153 e. The molecule has 0 saturated carbocycles. The third kappa shape index (κ3) is 3.65. The second-order valence-corrected chi connectivity index (χ2v) is 5.16. The molecule has 3 aromatic rings. The molecule has 0 unspecified atom stereocenters. The summed E-state index contributed by atoms with van der Waals surface area (Å²) in [6, 6.07) is 16.5. The molecule has 0 radical (unpaired) electrons. The number of carbonyl (C=O) groups excluding carboxylic acids is 1. The lowest BCUT2D eigenvalue weighted by Crippen LogP contribution is -2.00. The van der Waals surface area contributed by atoms with E-state index in [1.807, 2.05) is 18.2 Å². The second-order valence-electron chi connectivity index (χ2n) is 5.16. The van der Waals surface area contributed by atoms with Gasteiger partial charge in [-0.1, -0.05) is 29.5 Å².